The highest BCUT2D eigenvalue weighted by Crippen LogP contribution is 2.36. The largest absolute Gasteiger partial charge is 0.503 e. The van der Waals surface area contributed by atoms with Gasteiger partial charge in [0, 0.05) is 6.92 Å². The van der Waals surface area contributed by atoms with Gasteiger partial charge in [-0.25, -0.2) is 4.79 Å². The van der Waals surface area contributed by atoms with E-state index in [0.29, 0.717) is 5.56 Å². The molecule has 0 heterocycles. The first kappa shape index (κ1) is 17.0. The summed E-state index contributed by atoms with van der Waals surface area (Å²) in [5.41, 5.74) is 0.297. The Labute approximate surface area is 127 Å². The van der Waals surface area contributed by atoms with E-state index in [0.717, 1.165) is 0 Å². The average Bonchev–Trinajstić information content (AvgIpc) is 2.47. The Morgan fingerprint density at radius 2 is 2.14 bits per heavy atom. The minimum Gasteiger partial charge on any atom is -0.503 e. The number of phenols is 1. The maximum absolute atomic E-state index is 11.6. The minimum atomic E-state index is -0.752. The highest BCUT2D eigenvalue weighted by atomic mass is 16.5. The highest BCUT2D eigenvalue weighted by Gasteiger charge is 2.14. The number of aromatic hydroxyl groups is 1. The van der Waals surface area contributed by atoms with Crippen molar-refractivity contribution in [3.8, 4) is 17.6 Å². The van der Waals surface area contributed by atoms with Crippen molar-refractivity contribution in [2.45, 2.75) is 13.8 Å². The molecule has 0 atom stereocenters. The number of carbonyl (C=O) groups excluding carboxylic acids is 2. The van der Waals surface area contributed by atoms with Crippen molar-refractivity contribution in [2.75, 3.05) is 19.0 Å². The Balaban J connectivity index is 3.32. The molecule has 0 unspecified atom stereocenters. The number of methoxy groups -OCH3 is 1. The Hall–Kier alpha value is -3.01. The molecule has 2 N–H and O–H groups in total. The van der Waals surface area contributed by atoms with Gasteiger partial charge in [0.2, 0.25) is 5.91 Å². The molecule has 7 nitrogen and oxygen atoms in total. The van der Waals surface area contributed by atoms with Crippen molar-refractivity contribution in [3.63, 3.8) is 0 Å². The topological polar surface area (TPSA) is 109 Å². The van der Waals surface area contributed by atoms with E-state index in [2.05, 4.69) is 5.32 Å². The number of benzene rings is 1. The lowest BCUT2D eigenvalue weighted by atomic mass is 10.1. The average molecular weight is 304 g/mol. The zero-order valence-electron chi connectivity index (χ0n) is 12.5. The first-order chi connectivity index (χ1) is 10.4. The summed E-state index contributed by atoms with van der Waals surface area (Å²) >= 11 is 0. The summed E-state index contributed by atoms with van der Waals surface area (Å²) in [5.74, 6) is -1.29. The van der Waals surface area contributed by atoms with Crippen LogP contribution in [-0.2, 0) is 14.3 Å². The van der Waals surface area contributed by atoms with Crippen LogP contribution in [0.5, 0.6) is 11.5 Å². The lowest BCUT2D eigenvalue weighted by Gasteiger charge is -2.11. The fourth-order valence-electron chi connectivity index (χ4n) is 1.67. The summed E-state index contributed by atoms with van der Waals surface area (Å²) < 4.78 is 9.76. The highest BCUT2D eigenvalue weighted by molar-refractivity contribution is 5.98. The van der Waals surface area contributed by atoms with Gasteiger partial charge in [0.05, 0.1) is 19.4 Å². The maximum atomic E-state index is 11.6. The number of hydrogen-bond donors (Lipinski definition) is 2. The molecule has 0 aliphatic carbocycles. The predicted octanol–water partition coefficient (Wildman–Crippen LogP) is 1.83. The van der Waals surface area contributed by atoms with Crippen LogP contribution in [0.2, 0.25) is 0 Å². The van der Waals surface area contributed by atoms with Gasteiger partial charge in [0.25, 0.3) is 0 Å². The number of carbonyl (C=O) groups is 2. The van der Waals surface area contributed by atoms with Gasteiger partial charge in [-0.3, -0.25) is 4.79 Å². The number of esters is 1. The van der Waals surface area contributed by atoms with Crippen LogP contribution >= 0.6 is 0 Å². The third-order valence-corrected chi connectivity index (χ3v) is 2.55. The Kier molecular flexibility index (Phi) is 5.96. The maximum Gasteiger partial charge on any atom is 0.348 e. The molecule has 1 aromatic carbocycles. The van der Waals surface area contributed by atoms with Crippen molar-refractivity contribution in [1.29, 1.82) is 5.26 Å². The zero-order chi connectivity index (χ0) is 16.7. The van der Waals surface area contributed by atoms with E-state index in [9.17, 15) is 14.7 Å². The summed E-state index contributed by atoms with van der Waals surface area (Å²) in [6.07, 6.45) is 1.28. The lowest BCUT2D eigenvalue weighted by Crippen LogP contribution is -2.07. The third-order valence-electron chi connectivity index (χ3n) is 2.55. The van der Waals surface area contributed by atoms with E-state index in [1.807, 2.05) is 0 Å². The summed E-state index contributed by atoms with van der Waals surface area (Å²) in [4.78, 5) is 22.7. The van der Waals surface area contributed by atoms with Gasteiger partial charge in [-0.15, -0.1) is 0 Å². The molecular formula is C15H16N2O5. The molecule has 0 radical (unpaired) electrons. The number of nitrogens with one attached hydrogen (secondary N) is 1. The van der Waals surface area contributed by atoms with E-state index in [-0.39, 0.29) is 35.3 Å². The first-order valence-corrected chi connectivity index (χ1v) is 6.40. The van der Waals surface area contributed by atoms with Gasteiger partial charge < -0.3 is 19.9 Å². The monoisotopic (exact) mass is 304 g/mol. The normalized spacial score (nSPS) is 10.5. The molecule has 0 aromatic heterocycles. The van der Waals surface area contributed by atoms with Gasteiger partial charge in [-0.05, 0) is 30.7 Å². The molecule has 0 saturated heterocycles. The van der Waals surface area contributed by atoms with E-state index in [4.69, 9.17) is 14.7 Å². The number of hydrogen-bond acceptors (Lipinski definition) is 6. The van der Waals surface area contributed by atoms with Crippen LogP contribution in [0.25, 0.3) is 6.08 Å². The summed E-state index contributed by atoms with van der Waals surface area (Å²) in [7, 11) is 1.34. The number of ether oxygens (including phenoxy) is 2. The molecule has 1 aromatic rings. The van der Waals surface area contributed by atoms with Crippen molar-refractivity contribution in [3.05, 3.63) is 23.3 Å². The molecule has 0 fully saturated rings. The van der Waals surface area contributed by atoms with Crippen molar-refractivity contribution in [2.24, 2.45) is 0 Å². The van der Waals surface area contributed by atoms with Gasteiger partial charge in [-0.1, -0.05) is 0 Å². The number of rotatable bonds is 5. The molecule has 1 rings (SSSR count). The number of nitriles is 1. The van der Waals surface area contributed by atoms with Crippen LogP contribution in [0.3, 0.4) is 0 Å². The van der Waals surface area contributed by atoms with Crippen LogP contribution in [-0.4, -0.2) is 30.7 Å². The fraction of sp³-hybridized carbons (Fsp3) is 0.267. The standard InChI is InChI=1S/C15H16N2O5/c1-4-22-15(20)11(8-16)5-10-6-12(17-9(2)18)14(19)13(7-10)21-3/h5-7,19H,4H2,1-3H3,(H,17,18). The van der Waals surface area contributed by atoms with E-state index < -0.39 is 5.97 Å². The molecule has 1 amide bonds. The Morgan fingerprint density at radius 1 is 1.45 bits per heavy atom. The van der Waals surface area contributed by atoms with E-state index >= 15 is 0 Å². The molecule has 0 aliphatic heterocycles. The molecule has 116 valence electrons. The van der Waals surface area contributed by atoms with Crippen LogP contribution in [0, 0.1) is 11.3 Å². The van der Waals surface area contributed by atoms with Crippen LogP contribution in [0.15, 0.2) is 17.7 Å². The second kappa shape index (κ2) is 7.69. The van der Waals surface area contributed by atoms with Gasteiger partial charge >= 0.3 is 5.97 Å². The van der Waals surface area contributed by atoms with Crippen LogP contribution in [0.4, 0.5) is 5.69 Å². The number of amides is 1. The first-order valence-electron chi connectivity index (χ1n) is 6.40. The molecule has 7 heteroatoms. The molecular weight excluding hydrogens is 288 g/mol. The number of nitrogens with zero attached hydrogens (tertiary/aromatic N) is 1. The van der Waals surface area contributed by atoms with E-state index in [1.165, 1.54) is 32.2 Å². The van der Waals surface area contributed by atoms with Crippen LogP contribution in [0.1, 0.15) is 19.4 Å². The summed E-state index contributed by atoms with van der Waals surface area (Å²) in [6, 6.07) is 4.58. The second-order valence-electron chi connectivity index (χ2n) is 4.19. The van der Waals surface area contributed by atoms with Gasteiger partial charge in [-0.2, -0.15) is 5.26 Å². The van der Waals surface area contributed by atoms with Crippen LogP contribution < -0.4 is 10.1 Å². The number of phenolic OH excluding ortho intramolecular Hbond substituents is 1. The molecule has 0 bridgehead atoms. The third kappa shape index (κ3) is 4.24. The molecule has 0 spiro atoms. The second-order valence-corrected chi connectivity index (χ2v) is 4.19. The quantitative estimate of drug-likeness (QED) is 0.372. The predicted molar refractivity (Wildman–Crippen MR) is 79.2 cm³/mol. The minimum absolute atomic E-state index is 0.0960. The SMILES string of the molecule is CCOC(=O)C(C#N)=Cc1cc(NC(C)=O)c(O)c(OC)c1. The van der Waals surface area contributed by atoms with E-state index in [1.54, 1.807) is 13.0 Å². The van der Waals surface area contributed by atoms with Crippen molar-refractivity contribution in [1.82, 2.24) is 0 Å². The molecule has 0 aliphatic rings. The summed E-state index contributed by atoms with van der Waals surface area (Å²) in [5, 5.41) is 21.4. The lowest BCUT2D eigenvalue weighted by molar-refractivity contribution is -0.137. The smallest absolute Gasteiger partial charge is 0.348 e. The van der Waals surface area contributed by atoms with Crippen molar-refractivity contribution < 1.29 is 24.2 Å². The fourth-order valence-corrected chi connectivity index (χ4v) is 1.67. The zero-order valence-corrected chi connectivity index (χ0v) is 12.5. The molecule has 0 saturated carbocycles. The summed E-state index contributed by atoms with van der Waals surface area (Å²) in [6.45, 7) is 3.06. The Morgan fingerprint density at radius 3 is 2.64 bits per heavy atom. The molecule has 22 heavy (non-hydrogen) atoms. The van der Waals surface area contributed by atoms with Gasteiger partial charge in [0.1, 0.15) is 11.6 Å². The number of anilines is 1. The Bertz CT molecular complexity index is 659. The van der Waals surface area contributed by atoms with Gasteiger partial charge in [0.15, 0.2) is 11.5 Å². The van der Waals surface area contributed by atoms with Crippen molar-refractivity contribution >= 4 is 23.6 Å².